The summed E-state index contributed by atoms with van der Waals surface area (Å²) in [6.07, 6.45) is 11.6. The number of carbonyl (C=O) groups is 1. The fourth-order valence-corrected chi connectivity index (χ4v) is 4.61. The van der Waals surface area contributed by atoms with E-state index in [-0.39, 0.29) is 17.3 Å². The van der Waals surface area contributed by atoms with Gasteiger partial charge in [-0.05, 0) is 39.0 Å². The molecule has 0 unspecified atom stereocenters. The van der Waals surface area contributed by atoms with Crippen molar-refractivity contribution in [2.45, 2.75) is 38.8 Å². The maximum Gasteiger partial charge on any atom is 0.411 e. The molecule has 0 N–H and O–H groups in total. The van der Waals surface area contributed by atoms with Crippen LogP contribution in [0.5, 0.6) is 0 Å². The van der Waals surface area contributed by atoms with Crippen molar-refractivity contribution in [2.24, 2.45) is 5.92 Å². The molecule has 11 nitrogen and oxygen atoms in total. The van der Waals surface area contributed by atoms with Crippen LogP contribution in [0.25, 0.3) is 27.8 Å². The number of ether oxygens (including phenoxy) is 1. The third-order valence-electron chi connectivity index (χ3n) is 6.89. The first-order valence-corrected chi connectivity index (χ1v) is 12.8. The van der Waals surface area contributed by atoms with E-state index >= 15 is 8.78 Å². The van der Waals surface area contributed by atoms with Crippen LogP contribution in [0.15, 0.2) is 49.1 Å². The number of nitrogens with zero attached hydrogens (tertiary/aromatic N) is 9. The third-order valence-corrected chi connectivity index (χ3v) is 6.89. The van der Waals surface area contributed by atoms with Gasteiger partial charge in [0.1, 0.15) is 0 Å². The molecule has 1 aromatic carbocycles. The van der Waals surface area contributed by atoms with Crippen LogP contribution in [0.4, 0.5) is 13.6 Å². The quantitative estimate of drug-likeness (QED) is 0.289. The summed E-state index contributed by atoms with van der Waals surface area (Å²) in [7, 11) is 0. The normalized spacial score (nSPS) is 14.3. The predicted octanol–water partition coefficient (Wildman–Crippen LogP) is 3.86. The Morgan fingerprint density at radius 3 is 2.71 bits per heavy atom. The van der Waals surface area contributed by atoms with Gasteiger partial charge in [-0.15, -0.1) is 16.6 Å². The van der Waals surface area contributed by atoms with Crippen molar-refractivity contribution in [1.29, 1.82) is 0 Å². The number of rotatable bonds is 6. The van der Waals surface area contributed by atoms with E-state index in [9.17, 15) is 4.79 Å². The van der Waals surface area contributed by atoms with E-state index in [4.69, 9.17) is 11.2 Å². The molecule has 1 fully saturated rings. The van der Waals surface area contributed by atoms with Crippen molar-refractivity contribution in [3.8, 4) is 23.5 Å². The minimum Gasteiger partial charge on any atom is -0.430 e. The predicted molar refractivity (Wildman–Crippen MR) is 144 cm³/mol. The lowest BCUT2D eigenvalue weighted by Gasteiger charge is -2.39. The summed E-state index contributed by atoms with van der Waals surface area (Å²) in [5.41, 5.74) is 1.32. The SMILES string of the molecule is C#CC(C)(C)OC(=O)N1CC(Cn2cc(-c3cnc4ccc(C(F)(F)c5nnc6ncc(C)nn56)cc4c3)cn2)C1. The Bertz CT molecular complexity index is 1830. The zero-order valence-corrected chi connectivity index (χ0v) is 22.5. The summed E-state index contributed by atoms with van der Waals surface area (Å²) < 4.78 is 39.3. The van der Waals surface area contributed by atoms with E-state index in [1.165, 1.54) is 18.3 Å². The number of aryl methyl sites for hydroxylation is 1. The van der Waals surface area contributed by atoms with E-state index in [0.717, 1.165) is 15.6 Å². The highest BCUT2D eigenvalue weighted by Crippen LogP contribution is 2.36. The third kappa shape index (κ3) is 4.93. The van der Waals surface area contributed by atoms with Crippen molar-refractivity contribution in [3.63, 3.8) is 0 Å². The van der Waals surface area contributed by atoms with Crippen LogP contribution in [0.1, 0.15) is 30.9 Å². The van der Waals surface area contributed by atoms with Gasteiger partial charge >= 0.3 is 12.0 Å². The molecule has 5 aromatic rings. The summed E-state index contributed by atoms with van der Waals surface area (Å²) >= 11 is 0. The highest BCUT2D eigenvalue weighted by atomic mass is 19.3. The largest absolute Gasteiger partial charge is 0.430 e. The number of pyridine rings is 1. The number of alkyl halides is 2. The number of likely N-dealkylation sites (tertiary alicyclic amines) is 1. The van der Waals surface area contributed by atoms with Crippen molar-refractivity contribution in [3.05, 3.63) is 66.1 Å². The standard InChI is InChI=1S/C28H25F2N9O2/c1-5-27(3,4)41-26(40)37-13-18(14-37)15-38-16-21(12-33-38)20-8-19-9-22(6-7-23(19)31-11-20)28(29,30)24-34-35-25-32-10-17(2)36-39(24)25/h1,6-12,16,18H,13-15H2,2-4H3. The Balaban J connectivity index is 1.18. The number of fused-ring (bicyclic) bond motifs is 2. The number of halogens is 2. The van der Waals surface area contributed by atoms with E-state index in [2.05, 4.69) is 36.3 Å². The number of aromatic nitrogens is 8. The molecule has 0 spiro atoms. The maximum absolute atomic E-state index is 15.6. The average molecular weight is 558 g/mol. The molecule has 0 radical (unpaired) electrons. The van der Waals surface area contributed by atoms with Gasteiger partial charge in [0.15, 0.2) is 5.60 Å². The minimum atomic E-state index is -3.48. The van der Waals surface area contributed by atoms with Gasteiger partial charge in [-0.3, -0.25) is 9.67 Å². The first kappa shape index (κ1) is 26.2. The molecule has 0 atom stereocenters. The number of hydrogen-bond acceptors (Lipinski definition) is 8. The molecule has 4 aromatic heterocycles. The van der Waals surface area contributed by atoms with Crippen molar-refractivity contribution in [2.75, 3.05) is 13.1 Å². The molecule has 208 valence electrons. The molecule has 0 saturated carbocycles. The monoisotopic (exact) mass is 557 g/mol. The molecule has 5 heterocycles. The average Bonchev–Trinajstić information content (AvgIpc) is 3.57. The second-order valence-electron chi connectivity index (χ2n) is 10.6. The number of carbonyl (C=O) groups excluding carboxylic acids is 1. The fourth-order valence-electron chi connectivity index (χ4n) is 4.61. The van der Waals surface area contributed by atoms with Crippen LogP contribution in [0, 0.1) is 25.2 Å². The lowest BCUT2D eigenvalue weighted by atomic mass is 10.0. The topological polar surface area (TPSA) is 116 Å². The molecule has 6 rings (SSSR count). The van der Waals surface area contributed by atoms with Crippen LogP contribution in [0.2, 0.25) is 0 Å². The van der Waals surface area contributed by atoms with E-state index in [0.29, 0.717) is 36.2 Å². The molecule has 1 amide bonds. The summed E-state index contributed by atoms with van der Waals surface area (Å²) in [5, 5.41) is 16.5. The van der Waals surface area contributed by atoms with Crippen LogP contribution >= 0.6 is 0 Å². The molecule has 1 aliphatic rings. The van der Waals surface area contributed by atoms with Gasteiger partial charge in [0.05, 0.1) is 23.6 Å². The highest BCUT2D eigenvalue weighted by molar-refractivity contribution is 5.84. The van der Waals surface area contributed by atoms with Crippen molar-refractivity contribution in [1.82, 2.24) is 44.5 Å². The van der Waals surface area contributed by atoms with Crippen LogP contribution in [0.3, 0.4) is 0 Å². The Morgan fingerprint density at radius 2 is 1.93 bits per heavy atom. The number of amides is 1. The van der Waals surface area contributed by atoms with Crippen molar-refractivity contribution >= 4 is 22.8 Å². The summed E-state index contributed by atoms with van der Waals surface area (Å²) in [5.74, 6) is -1.44. The molecule has 41 heavy (non-hydrogen) atoms. The number of benzene rings is 1. The molecule has 0 bridgehead atoms. The smallest absolute Gasteiger partial charge is 0.411 e. The highest BCUT2D eigenvalue weighted by Gasteiger charge is 2.40. The Morgan fingerprint density at radius 1 is 1.12 bits per heavy atom. The molecule has 1 saturated heterocycles. The van der Waals surface area contributed by atoms with Gasteiger partial charge in [-0.1, -0.05) is 12.0 Å². The van der Waals surface area contributed by atoms with Crippen LogP contribution < -0.4 is 0 Å². The van der Waals surface area contributed by atoms with Crippen LogP contribution in [-0.2, 0) is 17.2 Å². The first-order chi connectivity index (χ1) is 19.5. The molecular weight excluding hydrogens is 532 g/mol. The zero-order chi connectivity index (χ0) is 28.9. The number of terminal acetylenes is 1. The van der Waals surface area contributed by atoms with E-state index in [1.54, 1.807) is 54.9 Å². The van der Waals surface area contributed by atoms with Gasteiger partial charge in [0.2, 0.25) is 5.82 Å². The second kappa shape index (κ2) is 9.58. The number of hydrogen-bond donors (Lipinski definition) is 0. The first-order valence-electron chi connectivity index (χ1n) is 12.8. The van der Waals surface area contributed by atoms with Gasteiger partial charge < -0.3 is 9.64 Å². The van der Waals surface area contributed by atoms with Gasteiger partial charge in [0.25, 0.3) is 5.78 Å². The van der Waals surface area contributed by atoms with Gasteiger partial charge in [-0.2, -0.15) is 23.5 Å². The minimum absolute atomic E-state index is 0.00517. The van der Waals surface area contributed by atoms with Gasteiger partial charge in [0, 0.05) is 60.0 Å². The van der Waals surface area contributed by atoms with Crippen molar-refractivity contribution < 1.29 is 18.3 Å². The maximum atomic E-state index is 15.6. The molecule has 13 heteroatoms. The molecule has 0 aliphatic carbocycles. The Kier molecular flexibility index (Phi) is 6.13. The van der Waals surface area contributed by atoms with Gasteiger partial charge in [-0.25, -0.2) is 9.78 Å². The Hall–Kier alpha value is -4.99. The summed E-state index contributed by atoms with van der Waals surface area (Å²) in [6.45, 7) is 6.66. The lowest BCUT2D eigenvalue weighted by Crippen LogP contribution is -2.53. The molecular formula is C28H25F2N9O2. The fraction of sp³-hybridized carbons (Fsp3) is 0.321. The summed E-state index contributed by atoms with van der Waals surface area (Å²) in [6, 6.07) is 6.06. The van der Waals surface area contributed by atoms with E-state index in [1.807, 2.05) is 6.20 Å². The lowest BCUT2D eigenvalue weighted by molar-refractivity contribution is 0.0112. The van der Waals surface area contributed by atoms with Crippen LogP contribution in [-0.4, -0.2) is 69.2 Å². The summed E-state index contributed by atoms with van der Waals surface area (Å²) in [4.78, 5) is 22.3. The Labute approximate surface area is 233 Å². The zero-order valence-electron chi connectivity index (χ0n) is 22.5. The molecule has 1 aliphatic heterocycles. The second-order valence-corrected chi connectivity index (χ2v) is 10.6. The van der Waals surface area contributed by atoms with E-state index < -0.39 is 23.4 Å².